The van der Waals surface area contributed by atoms with E-state index in [2.05, 4.69) is 10.6 Å². The largest absolute Gasteiger partial charge is 0.497 e. The van der Waals surface area contributed by atoms with Gasteiger partial charge in [0.05, 0.1) is 12.8 Å². The third-order valence-electron chi connectivity index (χ3n) is 4.97. The smallest absolute Gasteiger partial charge is 0.325 e. The van der Waals surface area contributed by atoms with Gasteiger partial charge in [-0.1, -0.05) is 31.2 Å². The number of rotatable bonds is 7. The van der Waals surface area contributed by atoms with Crippen molar-refractivity contribution in [1.29, 1.82) is 0 Å². The summed E-state index contributed by atoms with van der Waals surface area (Å²) in [5, 5.41) is 5.55. The second kappa shape index (κ2) is 8.57. The van der Waals surface area contributed by atoms with Gasteiger partial charge in [-0.05, 0) is 42.5 Å². The molecule has 2 aromatic carbocycles. The molecule has 152 valence electrons. The fraction of sp³-hybridized carbons (Fsp3) is 0.286. The van der Waals surface area contributed by atoms with Gasteiger partial charge in [0, 0.05) is 4.90 Å². The number of urea groups is 1. The number of nitrogens with one attached hydrogen (secondary N) is 2. The van der Waals surface area contributed by atoms with Crippen LogP contribution in [-0.4, -0.2) is 42.7 Å². The average Bonchev–Trinajstić information content (AvgIpc) is 2.99. The molecule has 2 N–H and O–H groups in total. The molecule has 0 unspecified atom stereocenters. The van der Waals surface area contributed by atoms with Crippen LogP contribution >= 0.6 is 11.8 Å². The molecule has 4 amide bonds. The minimum Gasteiger partial charge on any atom is -0.497 e. The Hall–Kier alpha value is -3.00. The summed E-state index contributed by atoms with van der Waals surface area (Å²) in [6, 6.07) is 13.8. The molecule has 0 aromatic heterocycles. The predicted octanol–water partition coefficient (Wildman–Crippen LogP) is 3.21. The van der Waals surface area contributed by atoms with Crippen molar-refractivity contribution in [3.63, 3.8) is 0 Å². The summed E-state index contributed by atoms with van der Waals surface area (Å²) >= 11 is 1.50. The molecule has 0 radical (unpaired) electrons. The average molecular weight is 413 g/mol. The van der Waals surface area contributed by atoms with Crippen LogP contribution in [0.5, 0.6) is 5.75 Å². The van der Waals surface area contributed by atoms with E-state index in [1.54, 1.807) is 37.4 Å². The monoisotopic (exact) mass is 413 g/mol. The minimum atomic E-state index is -1.19. The zero-order valence-electron chi connectivity index (χ0n) is 16.5. The Morgan fingerprint density at radius 1 is 1.17 bits per heavy atom. The molecule has 1 heterocycles. The van der Waals surface area contributed by atoms with Gasteiger partial charge in [0.1, 0.15) is 17.8 Å². The zero-order valence-corrected chi connectivity index (χ0v) is 17.3. The van der Waals surface area contributed by atoms with Crippen LogP contribution in [0.2, 0.25) is 0 Å². The molecular formula is C21H23N3O4S. The van der Waals surface area contributed by atoms with Crippen LogP contribution in [0.15, 0.2) is 53.4 Å². The van der Waals surface area contributed by atoms with Gasteiger partial charge in [0.15, 0.2) is 0 Å². The quantitative estimate of drug-likeness (QED) is 0.538. The van der Waals surface area contributed by atoms with E-state index in [0.717, 1.165) is 9.80 Å². The number of methoxy groups -OCH3 is 1. The highest BCUT2D eigenvalue weighted by Crippen LogP contribution is 2.33. The van der Waals surface area contributed by atoms with Crippen molar-refractivity contribution in [1.82, 2.24) is 10.2 Å². The minimum absolute atomic E-state index is 0.356. The normalized spacial score (nSPS) is 18.5. The lowest BCUT2D eigenvalue weighted by Gasteiger charge is -2.26. The Bertz CT molecular complexity index is 932. The van der Waals surface area contributed by atoms with Crippen LogP contribution in [0.25, 0.3) is 0 Å². The van der Waals surface area contributed by atoms with Crippen LogP contribution in [0.3, 0.4) is 0 Å². The lowest BCUT2D eigenvalue weighted by Crippen LogP contribution is -2.44. The van der Waals surface area contributed by atoms with Crippen molar-refractivity contribution in [2.45, 2.75) is 23.8 Å². The van der Waals surface area contributed by atoms with Crippen LogP contribution in [0.4, 0.5) is 10.5 Å². The fourth-order valence-corrected chi connectivity index (χ4v) is 3.92. The van der Waals surface area contributed by atoms with Gasteiger partial charge in [-0.2, -0.15) is 0 Å². The lowest BCUT2D eigenvalue weighted by molar-refractivity contribution is -0.134. The van der Waals surface area contributed by atoms with Gasteiger partial charge in [0.25, 0.3) is 5.91 Å². The second-order valence-corrected chi connectivity index (χ2v) is 7.41. The summed E-state index contributed by atoms with van der Waals surface area (Å²) in [5.74, 6) is -0.222. The van der Waals surface area contributed by atoms with E-state index < -0.39 is 23.4 Å². The number of benzene rings is 2. The Labute approximate surface area is 173 Å². The van der Waals surface area contributed by atoms with Gasteiger partial charge >= 0.3 is 6.03 Å². The fourth-order valence-electron chi connectivity index (χ4n) is 3.37. The highest BCUT2D eigenvalue weighted by molar-refractivity contribution is 7.98. The summed E-state index contributed by atoms with van der Waals surface area (Å²) in [7, 11) is 1.56. The molecule has 7 nitrogen and oxygen atoms in total. The third kappa shape index (κ3) is 3.93. The Kier molecular flexibility index (Phi) is 6.12. The van der Waals surface area contributed by atoms with E-state index in [4.69, 9.17) is 4.74 Å². The first-order chi connectivity index (χ1) is 13.9. The topological polar surface area (TPSA) is 87.7 Å². The van der Waals surface area contributed by atoms with Gasteiger partial charge in [-0.15, -0.1) is 11.8 Å². The second-order valence-electron chi connectivity index (χ2n) is 6.56. The van der Waals surface area contributed by atoms with Crippen molar-refractivity contribution >= 4 is 35.3 Å². The maximum Gasteiger partial charge on any atom is 0.325 e. The van der Waals surface area contributed by atoms with Crippen molar-refractivity contribution in [2.75, 3.05) is 25.2 Å². The van der Waals surface area contributed by atoms with Gasteiger partial charge < -0.3 is 15.4 Å². The summed E-state index contributed by atoms with van der Waals surface area (Å²) in [5.41, 5.74) is 0.102. The molecule has 1 aliphatic rings. The van der Waals surface area contributed by atoms with Crippen molar-refractivity contribution < 1.29 is 19.1 Å². The first-order valence-corrected chi connectivity index (χ1v) is 10.4. The predicted molar refractivity (Wildman–Crippen MR) is 112 cm³/mol. The molecule has 1 atom stereocenters. The number of carbonyl (C=O) groups excluding carboxylic acids is 3. The Balaban J connectivity index is 1.79. The molecular weight excluding hydrogens is 390 g/mol. The summed E-state index contributed by atoms with van der Waals surface area (Å²) in [4.78, 5) is 40.1. The molecule has 1 aliphatic heterocycles. The number of hydrogen-bond acceptors (Lipinski definition) is 5. The maximum atomic E-state index is 13.2. The summed E-state index contributed by atoms with van der Waals surface area (Å²) in [6.07, 6.45) is 2.27. The molecule has 0 aliphatic carbocycles. The van der Waals surface area contributed by atoms with Crippen molar-refractivity contribution in [2.24, 2.45) is 0 Å². The molecule has 1 saturated heterocycles. The lowest BCUT2D eigenvalue weighted by atomic mass is 9.87. The first-order valence-electron chi connectivity index (χ1n) is 9.16. The highest BCUT2D eigenvalue weighted by atomic mass is 32.2. The number of hydrogen-bond donors (Lipinski definition) is 2. The Morgan fingerprint density at radius 2 is 1.86 bits per heavy atom. The number of thioether (sulfide) groups is 1. The maximum absolute atomic E-state index is 13.2. The van der Waals surface area contributed by atoms with E-state index >= 15 is 0 Å². The van der Waals surface area contributed by atoms with Crippen molar-refractivity contribution in [3.05, 3.63) is 54.1 Å². The molecule has 2 aromatic rings. The summed E-state index contributed by atoms with van der Waals surface area (Å²) < 4.78 is 5.16. The number of ether oxygens (including phenoxy) is 1. The van der Waals surface area contributed by atoms with E-state index in [0.29, 0.717) is 23.4 Å². The Morgan fingerprint density at radius 3 is 2.48 bits per heavy atom. The zero-order chi connectivity index (χ0) is 21.0. The molecule has 0 bridgehead atoms. The van der Waals surface area contributed by atoms with Gasteiger partial charge in [0.2, 0.25) is 5.91 Å². The number of anilines is 1. The summed E-state index contributed by atoms with van der Waals surface area (Å²) in [6.45, 7) is 1.46. The number of amides is 4. The van der Waals surface area contributed by atoms with Crippen LogP contribution in [0.1, 0.15) is 18.9 Å². The number of nitrogens with zero attached hydrogens (tertiary/aromatic N) is 1. The molecule has 3 rings (SSSR count). The van der Waals surface area contributed by atoms with Crippen molar-refractivity contribution in [3.8, 4) is 5.75 Å². The first kappa shape index (κ1) is 20.7. The third-order valence-corrected chi connectivity index (χ3v) is 5.77. The van der Waals surface area contributed by atoms with E-state index in [-0.39, 0.29) is 6.54 Å². The molecule has 29 heavy (non-hydrogen) atoms. The van der Waals surface area contributed by atoms with Crippen LogP contribution < -0.4 is 15.4 Å². The van der Waals surface area contributed by atoms with Crippen LogP contribution in [0, 0.1) is 0 Å². The van der Waals surface area contributed by atoms with Gasteiger partial charge in [-0.25, -0.2) is 4.79 Å². The highest BCUT2D eigenvalue weighted by Gasteiger charge is 2.51. The molecule has 8 heteroatoms. The number of imide groups is 1. The number of carbonyl (C=O) groups is 3. The molecule has 0 saturated carbocycles. The SMILES string of the molecule is CC[C@]1(c2ccc(OC)cc2)NC(=O)N(CC(=O)Nc2ccccc2SC)C1=O. The van der Waals surface area contributed by atoms with Crippen LogP contribution in [-0.2, 0) is 15.1 Å². The van der Waals surface area contributed by atoms with E-state index in [1.807, 2.05) is 31.4 Å². The van der Waals surface area contributed by atoms with E-state index in [9.17, 15) is 14.4 Å². The van der Waals surface area contributed by atoms with Gasteiger partial charge in [-0.3, -0.25) is 14.5 Å². The van der Waals surface area contributed by atoms with E-state index in [1.165, 1.54) is 11.8 Å². The molecule has 0 spiro atoms. The standard InChI is InChI=1S/C21H23N3O4S/c1-4-21(14-9-11-15(28-2)12-10-14)19(26)24(20(27)23-21)13-18(25)22-16-7-5-6-8-17(16)29-3/h5-12H,4,13H2,1-3H3,(H,22,25)(H,23,27)/t21-/m1/s1. The molecule has 1 fully saturated rings. The number of para-hydroxylation sites is 1.